The fourth-order valence-corrected chi connectivity index (χ4v) is 2.55. The molecule has 0 heteroatoms. The van der Waals surface area contributed by atoms with E-state index < -0.39 is 0 Å². The second-order valence-electron chi connectivity index (χ2n) is 5.44. The van der Waals surface area contributed by atoms with Crippen LogP contribution in [0.5, 0.6) is 0 Å². The Morgan fingerprint density at radius 2 is 1.82 bits per heavy atom. The van der Waals surface area contributed by atoms with Gasteiger partial charge in [-0.25, -0.2) is 0 Å². The molecule has 0 N–H and O–H groups in total. The molecule has 0 aliphatic rings. The van der Waals surface area contributed by atoms with Gasteiger partial charge in [-0.3, -0.25) is 0 Å². The van der Waals surface area contributed by atoms with Gasteiger partial charge in [0.15, 0.2) is 0 Å². The van der Waals surface area contributed by atoms with Crippen molar-refractivity contribution in [1.82, 2.24) is 0 Å². The van der Waals surface area contributed by atoms with Crippen LogP contribution in [0.15, 0.2) is 24.3 Å². The molecular weight excluding hydrogens is 204 g/mol. The van der Waals surface area contributed by atoms with Crippen LogP contribution in [-0.4, -0.2) is 0 Å². The summed E-state index contributed by atoms with van der Waals surface area (Å²) in [4.78, 5) is 0. The highest BCUT2D eigenvalue weighted by atomic mass is 14.2. The molecular formula is C17H28. The van der Waals surface area contributed by atoms with Crippen molar-refractivity contribution in [3.05, 3.63) is 35.4 Å². The molecule has 0 amide bonds. The molecule has 17 heavy (non-hydrogen) atoms. The van der Waals surface area contributed by atoms with Crippen LogP contribution < -0.4 is 0 Å². The second kappa shape index (κ2) is 7.53. The van der Waals surface area contributed by atoms with Crippen LogP contribution in [0.3, 0.4) is 0 Å². The minimum atomic E-state index is 0.770. The predicted molar refractivity (Wildman–Crippen MR) is 77.5 cm³/mol. The number of hydrogen-bond donors (Lipinski definition) is 0. The maximum absolute atomic E-state index is 2.39. The largest absolute Gasteiger partial charge is 0.0654 e. The van der Waals surface area contributed by atoms with Crippen LogP contribution in [0, 0.1) is 12.8 Å². The van der Waals surface area contributed by atoms with Crippen LogP contribution in [-0.2, 0) is 0 Å². The average molecular weight is 232 g/mol. The third-order valence-electron chi connectivity index (χ3n) is 3.92. The Morgan fingerprint density at radius 3 is 2.41 bits per heavy atom. The Morgan fingerprint density at radius 1 is 1.12 bits per heavy atom. The third kappa shape index (κ3) is 4.53. The Hall–Kier alpha value is -0.780. The van der Waals surface area contributed by atoms with E-state index in [1.807, 2.05) is 0 Å². The van der Waals surface area contributed by atoms with Crippen molar-refractivity contribution in [1.29, 1.82) is 0 Å². The van der Waals surface area contributed by atoms with E-state index in [0.29, 0.717) is 0 Å². The summed E-state index contributed by atoms with van der Waals surface area (Å²) in [6.07, 6.45) is 6.67. The fourth-order valence-electron chi connectivity index (χ4n) is 2.55. The van der Waals surface area contributed by atoms with Crippen molar-refractivity contribution in [3.8, 4) is 0 Å². The first-order valence-electron chi connectivity index (χ1n) is 7.24. The van der Waals surface area contributed by atoms with Gasteiger partial charge >= 0.3 is 0 Å². The minimum Gasteiger partial charge on any atom is -0.0654 e. The molecule has 96 valence electrons. The molecule has 0 saturated carbocycles. The summed E-state index contributed by atoms with van der Waals surface area (Å²) in [5, 5.41) is 0. The molecule has 0 heterocycles. The van der Waals surface area contributed by atoms with E-state index in [1.54, 1.807) is 5.56 Å². The van der Waals surface area contributed by atoms with Gasteiger partial charge in [0.1, 0.15) is 0 Å². The zero-order valence-corrected chi connectivity index (χ0v) is 12.0. The fraction of sp³-hybridized carbons (Fsp3) is 0.647. The number of unbranched alkanes of at least 4 members (excludes halogenated alkanes) is 1. The van der Waals surface area contributed by atoms with Crippen molar-refractivity contribution in [3.63, 3.8) is 0 Å². The van der Waals surface area contributed by atoms with Gasteiger partial charge in [0.2, 0.25) is 0 Å². The Labute approximate surface area is 107 Å². The minimum absolute atomic E-state index is 0.770. The second-order valence-corrected chi connectivity index (χ2v) is 5.44. The van der Waals surface area contributed by atoms with E-state index >= 15 is 0 Å². The number of aryl methyl sites for hydroxylation is 1. The third-order valence-corrected chi connectivity index (χ3v) is 3.92. The summed E-state index contributed by atoms with van der Waals surface area (Å²) in [5.74, 6) is 1.61. The van der Waals surface area contributed by atoms with Gasteiger partial charge in [-0.05, 0) is 42.7 Å². The molecule has 0 fully saturated rings. The summed E-state index contributed by atoms with van der Waals surface area (Å²) < 4.78 is 0. The first-order chi connectivity index (χ1) is 8.19. The molecule has 0 bridgehead atoms. The van der Waals surface area contributed by atoms with Crippen molar-refractivity contribution in [2.75, 3.05) is 0 Å². The molecule has 0 spiro atoms. The van der Waals surface area contributed by atoms with E-state index in [4.69, 9.17) is 0 Å². The molecule has 1 aromatic rings. The molecule has 0 aliphatic heterocycles. The molecule has 0 nitrogen and oxygen atoms in total. The average Bonchev–Trinajstić information content (AvgIpc) is 2.35. The van der Waals surface area contributed by atoms with Gasteiger partial charge in [0, 0.05) is 0 Å². The van der Waals surface area contributed by atoms with Gasteiger partial charge in [-0.2, -0.15) is 0 Å². The zero-order chi connectivity index (χ0) is 12.7. The lowest BCUT2D eigenvalue weighted by Crippen LogP contribution is -2.06. The molecule has 0 radical (unpaired) electrons. The van der Waals surface area contributed by atoms with Crippen molar-refractivity contribution in [2.45, 2.75) is 65.7 Å². The summed E-state index contributed by atoms with van der Waals surface area (Å²) >= 11 is 0. The Bertz CT molecular complexity index is 314. The summed E-state index contributed by atoms with van der Waals surface area (Å²) in [6, 6.07) is 8.93. The first-order valence-corrected chi connectivity index (χ1v) is 7.24. The van der Waals surface area contributed by atoms with Gasteiger partial charge in [0.25, 0.3) is 0 Å². The van der Waals surface area contributed by atoms with Gasteiger partial charge in [0.05, 0.1) is 0 Å². The highest BCUT2D eigenvalue weighted by molar-refractivity contribution is 5.29. The zero-order valence-electron chi connectivity index (χ0n) is 12.0. The normalized spacial score (nSPS) is 14.6. The molecule has 0 saturated heterocycles. The number of rotatable bonds is 7. The summed E-state index contributed by atoms with van der Waals surface area (Å²) in [7, 11) is 0. The topological polar surface area (TPSA) is 0 Å². The van der Waals surface area contributed by atoms with Crippen LogP contribution in [0.2, 0.25) is 0 Å². The monoisotopic (exact) mass is 232 g/mol. The maximum atomic E-state index is 2.39. The molecule has 2 atom stereocenters. The van der Waals surface area contributed by atoms with Crippen molar-refractivity contribution < 1.29 is 0 Å². The quantitative estimate of drug-likeness (QED) is 0.565. The lowest BCUT2D eigenvalue weighted by atomic mass is 9.83. The van der Waals surface area contributed by atoms with Crippen molar-refractivity contribution >= 4 is 0 Å². The van der Waals surface area contributed by atoms with Crippen LogP contribution in [0.25, 0.3) is 0 Å². The van der Waals surface area contributed by atoms with Gasteiger partial charge in [-0.15, -0.1) is 0 Å². The molecule has 1 rings (SSSR count). The standard InChI is InChI=1S/C17H28/c1-5-7-11-16(13-14(3)6-2)17-12-9-8-10-15(17)4/h8-10,12,14,16H,5-7,11,13H2,1-4H3. The van der Waals surface area contributed by atoms with E-state index in [9.17, 15) is 0 Å². The lowest BCUT2D eigenvalue weighted by molar-refractivity contribution is 0.428. The van der Waals surface area contributed by atoms with E-state index in [-0.39, 0.29) is 0 Å². The lowest BCUT2D eigenvalue weighted by Gasteiger charge is -2.22. The van der Waals surface area contributed by atoms with Crippen LogP contribution in [0.4, 0.5) is 0 Å². The van der Waals surface area contributed by atoms with Crippen LogP contribution >= 0.6 is 0 Å². The van der Waals surface area contributed by atoms with E-state index in [1.165, 1.54) is 37.7 Å². The van der Waals surface area contributed by atoms with Crippen molar-refractivity contribution in [2.24, 2.45) is 5.92 Å². The predicted octanol–water partition coefficient (Wildman–Crippen LogP) is 5.71. The maximum Gasteiger partial charge on any atom is -0.0157 e. The van der Waals surface area contributed by atoms with Crippen LogP contribution in [0.1, 0.15) is 69.9 Å². The molecule has 0 aliphatic carbocycles. The smallest absolute Gasteiger partial charge is 0.0157 e. The molecule has 0 aromatic heterocycles. The van der Waals surface area contributed by atoms with Gasteiger partial charge in [-0.1, -0.05) is 64.3 Å². The first kappa shape index (κ1) is 14.3. The number of hydrogen-bond acceptors (Lipinski definition) is 0. The Balaban J connectivity index is 2.78. The summed E-state index contributed by atoms with van der Waals surface area (Å²) in [6.45, 7) is 9.24. The molecule has 1 aromatic carbocycles. The van der Waals surface area contributed by atoms with E-state index in [2.05, 4.69) is 52.0 Å². The number of benzene rings is 1. The van der Waals surface area contributed by atoms with Gasteiger partial charge < -0.3 is 0 Å². The molecule has 2 unspecified atom stereocenters. The highest BCUT2D eigenvalue weighted by Gasteiger charge is 2.15. The van der Waals surface area contributed by atoms with E-state index in [0.717, 1.165) is 11.8 Å². The highest BCUT2D eigenvalue weighted by Crippen LogP contribution is 2.31. The Kier molecular flexibility index (Phi) is 6.32. The SMILES string of the molecule is CCCCC(CC(C)CC)c1ccccc1C. The summed E-state index contributed by atoms with van der Waals surface area (Å²) in [5.41, 5.74) is 3.05.